The van der Waals surface area contributed by atoms with Gasteiger partial charge < -0.3 is 10.8 Å². The van der Waals surface area contributed by atoms with E-state index in [0.29, 0.717) is 28.6 Å². The van der Waals surface area contributed by atoms with E-state index in [1.807, 2.05) is 20.8 Å². The molecule has 118 valence electrons. The van der Waals surface area contributed by atoms with Crippen LogP contribution in [0.25, 0.3) is 16.9 Å². The summed E-state index contributed by atoms with van der Waals surface area (Å²) in [7, 11) is 0. The summed E-state index contributed by atoms with van der Waals surface area (Å²) in [4.78, 5) is 20.6. The lowest BCUT2D eigenvalue weighted by atomic mass is 10.1. The van der Waals surface area contributed by atoms with Gasteiger partial charge in [0.15, 0.2) is 11.9 Å². The van der Waals surface area contributed by atoms with Gasteiger partial charge in [-0.05, 0) is 39.3 Å². The molecule has 0 aliphatic rings. The fourth-order valence-electron chi connectivity index (χ4n) is 2.80. The Bertz CT molecular complexity index is 957. The molecule has 0 bridgehead atoms. The average Bonchev–Trinajstić information content (AvgIpc) is 2.76. The zero-order valence-corrected chi connectivity index (χ0v) is 13.5. The highest BCUT2D eigenvalue weighted by Gasteiger charge is 2.22. The molecule has 6 heteroatoms. The molecule has 0 unspecified atom stereocenters. The quantitative estimate of drug-likeness (QED) is 0.710. The van der Waals surface area contributed by atoms with E-state index >= 15 is 0 Å². The van der Waals surface area contributed by atoms with Crippen LogP contribution in [0.4, 0.5) is 5.82 Å². The standard InChI is InChI=1S/C17H18N4O2/c1-8-5-6-13(23)9(2)15(8)21-16(18)12(7-22)14-17(21)20-11(4)10(3)19-14/h5-7,23H,18H2,1-4H3. The predicted octanol–water partition coefficient (Wildman–Crippen LogP) is 2.75. The molecule has 0 aliphatic heterocycles. The summed E-state index contributed by atoms with van der Waals surface area (Å²) < 4.78 is 1.70. The third-order valence-corrected chi connectivity index (χ3v) is 4.22. The van der Waals surface area contributed by atoms with Crippen molar-refractivity contribution in [1.29, 1.82) is 0 Å². The first-order chi connectivity index (χ1) is 10.9. The van der Waals surface area contributed by atoms with E-state index in [9.17, 15) is 9.90 Å². The Hall–Kier alpha value is -2.89. The van der Waals surface area contributed by atoms with E-state index in [0.717, 1.165) is 22.6 Å². The number of aromatic nitrogens is 3. The van der Waals surface area contributed by atoms with Crippen LogP contribution in [0.2, 0.25) is 0 Å². The normalized spacial score (nSPS) is 11.1. The van der Waals surface area contributed by atoms with Gasteiger partial charge in [0.05, 0.1) is 22.6 Å². The van der Waals surface area contributed by atoms with E-state index < -0.39 is 0 Å². The number of nitrogens with two attached hydrogens (primary N) is 1. The Morgan fingerprint density at radius 1 is 1.13 bits per heavy atom. The summed E-state index contributed by atoms with van der Waals surface area (Å²) >= 11 is 0. The van der Waals surface area contributed by atoms with Crippen LogP contribution < -0.4 is 5.73 Å². The SMILES string of the molecule is Cc1ccc(O)c(C)c1-n1c(N)c(C=O)c2nc(C)c(C)nc21. The zero-order chi connectivity index (χ0) is 16.9. The van der Waals surface area contributed by atoms with Crippen molar-refractivity contribution in [3.8, 4) is 11.4 Å². The summed E-state index contributed by atoms with van der Waals surface area (Å²) in [6.45, 7) is 7.42. The fourth-order valence-corrected chi connectivity index (χ4v) is 2.80. The van der Waals surface area contributed by atoms with E-state index in [-0.39, 0.29) is 11.6 Å². The molecule has 0 amide bonds. The Kier molecular flexibility index (Phi) is 3.32. The van der Waals surface area contributed by atoms with Crippen molar-refractivity contribution >= 4 is 23.3 Å². The fraction of sp³-hybridized carbons (Fsp3) is 0.235. The van der Waals surface area contributed by atoms with Crippen molar-refractivity contribution in [2.75, 3.05) is 5.73 Å². The highest BCUT2D eigenvalue weighted by atomic mass is 16.3. The van der Waals surface area contributed by atoms with E-state index in [1.54, 1.807) is 23.6 Å². The van der Waals surface area contributed by atoms with Crippen LogP contribution in [0.3, 0.4) is 0 Å². The van der Waals surface area contributed by atoms with E-state index in [4.69, 9.17) is 5.73 Å². The van der Waals surface area contributed by atoms with Crippen LogP contribution in [0.1, 0.15) is 32.9 Å². The van der Waals surface area contributed by atoms with Gasteiger partial charge >= 0.3 is 0 Å². The van der Waals surface area contributed by atoms with Crippen LogP contribution in [-0.4, -0.2) is 25.9 Å². The predicted molar refractivity (Wildman–Crippen MR) is 89.3 cm³/mol. The Labute approximate surface area is 133 Å². The molecule has 0 spiro atoms. The maximum absolute atomic E-state index is 11.5. The lowest BCUT2D eigenvalue weighted by Gasteiger charge is -2.15. The van der Waals surface area contributed by atoms with Crippen molar-refractivity contribution in [2.24, 2.45) is 0 Å². The number of nitrogens with zero attached hydrogens (tertiary/aromatic N) is 3. The molecule has 6 nitrogen and oxygen atoms in total. The first-order valence-electron chi connectivity index (χ1n) is 7.26. The first-order valence-corrected chi connectivity index (χ1v) is 7.26. The summed E-state index contributed by atoms with van der Waals surface area (Å²) in [6, 6.07) is 3.44. The summed E-state index contributed by atoms with van der Waals surface area (Å²) in [6.07, 6.45) is 0.699. The number of hydrogen-bond donors (Lipinski definition) is 2. The van der Waals surface area contributed by atoms with Crippen molar-refractivity contribution in [3.63, 3.8) is 0 Å². The molecule has 2 heterocycles. The highest BCUT2D eigenvalue weighted by Crippen LogP contribution is 2.34. The molecule has 23 heavy (non-hydrogen) atoms. The van der Waals surface area contributed by atoms with Crippen LogP contribution in [0, 0.1) is 27.7 Å². The Balaban J connectivity index is 2.53. The largest absolute Gasteiger partial charge is 0.508 e. The molecule has 3 aromatic rings. The molecule has 0 aliphatic carbocycles. The maximum atomic E-state index is 11.5. The minimum absolute atomic E-state index is 0.163. The molecule has 2 aromatic heterocycles. The summed E-state index contributed by atoms with van der Waals surface area (Å²) in [5.74, 6) is 0.438. The second-order valence-electron chi connectivity index (χ2n) is 5.69. The van der Waals surface area contributed by atoms with Gasteiger partial charge in [-0.15, -0.1) is 0 Å². The number of anilines is 1. The molecule has 0 saturated carbocycles. The van der Waals surface area contributed by atoms with Gasteiger partial charge in [0, 0.05) is 5.56 Å². The molecule has 1 aromatic carbocycles. The van der Waals surface area contributed by atoms with Gasteiger partial charge in [0.25, 0.3) is 0 Å². The van der Waals surface area contributed by atoms with Crippen LogP contribution >= 0.6 is 0 Å². The van der Waals surface area contributed by atoms with Crippen LogP contribution in [0.15, 0.2) is 12.1 Å². The molecule has 3 rings (SSSR count). The summed E-state index contributed by atoms with van der Waals surface area (Å²) in [5, 5.41) is 10.1. The number of rotatable bonds is 2. The molecule has 0 atom stereocenters. The lowest BCUT2D eigenvalue weighted by molar-refractivity contribution is 0.112. The van der Waals surface area contributed by atoms with Crippen LogP contribution in [-0.2, 0) is 0 Å². The van der Waals surface area contributed by atoms with Gasteiger partial charge in [-0.2, -0.15) is 0 Å². The van der Waals surface area contributed by atoms with E-state index in [2.05, 4.69) is 9.97 Å². The number of nitrogen functional groups attached to an aromatic ring is 1. The monoisotopic (exact) mass is 310 g/mol. The minimum Gasteiger partial charge on any atom is -0.508 e. The smallest absolute Gasteiger partial charge is 0.166 e. The lowest BCUT2D eigenvalue weighted by Crippen LogP contribution is -2.06. The number of aldehydes is 1. The van der Waals surface area contributed by atoms with Crippen molar-refractivity contribution in [1.82, 2.24) is 14.5 Å². The Morgan fingerprint density at radius 3 is 2.43 bits per heavy atom. The number of phenolic OH excluding ortho intramolecular Hbond substituents is 1. The van der Waals surface area contributed by atoms with Gasteiger partial charge in [-0.3, -0.25) is 9.36 Å². The maximum Gasteiger partial charge on any atom is 0.166 e. The van der Waals surface area contributed by atoms with Gasteiger partial charge in [0.2, 0.25) is 0 Å². The molecule has 0 radical (unpaired) electrons. The minimum atomic E-state index is 0.163. The van der Waals surface area contributed by atoms with Gasteiger partial charge in [-0.1, -0.05) is 6.07 Å². The zero-order valence-electron chi connectivity index (χ0n) is 13.5. The Morgan fingerprint density at radius 2 is 1.78 bits per heavy atom. The summed E-state index contributed by atoms with van der Waals surface area (Å²) in [5.41, 5.74) is 11.4. The molecule has 0 fully saturated rings. The first kappa shape index (κ1) is 15.0. The number of hydrogen-bond acceptors (Lipinski definition) is 5. The molecular weight excluding hydrogens is 292 g/mol. The third-order valence-electron chi connectivity index (χ3n) is 4.22. The number of carbonyl (C=O) groups excluding carboxylic acids is 1. The molecule has 0 saturated heterocycles. The molecule has 3 N–H and O–H groups in total. The van der Waals surface area contributed by atoms with Crippen LogP contribution in [0.5, 0.6) is 5.75 Å². The number of aryl methyl sites for hydroxylation is 3. The highest BCUT2D eigenvalue weighted by molar-refractivity contribution is 6.01. The third kappa shape index (κ3) is 2.06. The topological polar surface area (TPSA) is 94.0 Å². The number of carbonyl (C=O) groups is 1. The molecular formula is C17H18N4O2. The van der Waals surface area contributed by atoms with Crippen molar-refractivity contribution in [2.45, 2.75) is 27.7 Å². The van der Waals surface area contributed by atoms with Gasteiger partial charge in [0.1, 0.15) is 17.1 Å². The van der Waals surface area contributed by atoms with Crippen molar-refractivity contribution in [3.05, 3.63) is 40.2 Å². The number of fused-ring (bicyclic) bond motifs is 1. The number of phenols is 1. The average molecular weight is 310 g/mol. The second-order valence-corrected chi connectivity index (χ2v) is 5.69. The number of benzene rings is 1. The van der Waals surface area contributed by atoms with E-state index in [1.165, 1.54) is 0 Å². The second kappa shape index (κ2) is 5.08. The van der Waals surface area contributed by atoms with Gasteiger partial charge in [-0.25, -0.2) is 9.97 Å². The van der Waals surface area contributed by atoms with Crippen molar-refractivity contribution < 1.29 is 9.90 Å². The number of aromatic hydroxyl groups is 1.